The van der Waals surface area contributed by atoms with Crippen LogP contribution < -0.4 is 4.74 Å². The van der Waals surface area contributed by atoms with Crippen LogP contribution in [0.1, 0.15) is 57.1 Å². The first-order valence-corrected chi connectivity index (χ1v) is 12.4. The van der Waals surface area contributed by atoms with E-state index in [1.54, 1.807) is 19.1 Å². The molecule has 1 aliphatic heterocycles. The monoisotopic (exact) mass is 438 g/mol. The quantitative estimate of drug-likeness (QED) is 0.727. The van der Waals surface area contributed by atoms with E-state index in [1.807, 2.05) is 0 Å². The van der Waals surface area contributed by atoms with E-state index in [1.165, 1.54) is 4.90 Å². The minimum absolute atomic E-state index is 0.0742. The fraction of sp³-hybridized carbons (Fsp3) is 0.714. The molecular weight excluding hydrogens is 408 g/mol. The average Bonchev–Trinajstić information content (AvgIpc) is 3.57. The molecule has 0 unspecified atom stereocenters. The minimum atomic E-state index is -3.29. The molecule has 1 aromatic heterocycles. The molecule has 1 amide bonds. The number of rotatable bonds is 6. The first-order chi connectivity index (χ1) is 14.3. The molecule has 0 spiro atoms. The third-order valence-electron chi connectivity index (χ3n) is 6.28. The van der Waals surface area contributed by atoms with Crippen molar-refractivity contribution in [1.82, 2.24) is 9.88 Å². The number of hydrogen-bond acceptors (Lipinski definition) is 6. The van der Waals surface area contributed by atoms with Gasteiger partial charge in [0.05, 0.1) is 29.3 Å². The lowest BCUT2D eigenvalue weighted by Crippen LogP contribution is -2.41. The van der Waals surface area contributed by atoms with Crippen molar-refractivity contribution in [3.8, 4) is 5.75 Å². The Labute approximate surface area is 177 Å². The molecule has 3 fully saturated rings. The van der Waals surface area contributed by atoms with Crippen LogP contribution in [-0.2, 0) is 14.6 Å². The first kappa shape index (κ1) is 21.4. The van der Waals surface area contributed by atoms with Crippen LogP contribution in [-0.4, -0.2) is 66.2 Å². The number of carbonyl (C=O) groups is 1. The van der Waals surface area contributed by atoms with E-state index in [4.69, 9.17) is 14.6 Å². The summed E-state index contributed by atoms with van der Waals surface area (Å²) in [7, 11) is -3.29. The van der Waals surface area contributed by atoms with Gasteiger partial charge in [-0.15, -0.1) is 0 Å². The topological polar surface area (TPSA) is 106 Å². The average molecular weight is 439 g/mol. The van der Waals surface area contributed by atoms with Crippen molar-refractivity contribution in [2.45, 2.75) is 86.9 Å². The summed E-state index contributed by atoms with van der Waals surface area (Å²) in [6.07, 6.45) is 6.07. The summed E-state index contributed by atoms with van der Waals surface area (Å²) in [6, 6.07) is 3.30. The Morgan fingerprint density at radius 3 is 2.17 bits per heavy atom. The van der Waals surface area contributed by atoms with Gasteiger partial charge in [-0.25, -0.2) is 18.2 Å². The number of nitrogens with zero attached hydrogens (tertiary/aromatic N) is 2. The molecule has 0 radical (unpaired) electrons. The molecule has 2 heterocycles. The number of aromatic nitrogens is 1. The molecule has 0 aromatic carbocycles. The SMILES string of the molecule is Cc1nc(S(=O)(=O)C2CC2)ccc1OC1CCC(OC2CCN(C(=O)O)CC2)CC1. The largest absolute Gasteiger partial charge is 0.489 e. The summed E-state index contributed by atoms with van der Waals surface area (Å²) >= 11 is 0. The fourth-order valence-electron chi connectivity index (χ4n) is 4.28. The van der Waals surface area contributed by atoms with Crippen LogP contribution in [0.25, 0.3) is 0 Å². The van der Waals surface area contributed by atoms with Crippen molar-refractivity contribution in [3.05, 3.63) is 17.8 Å². The van der Waals surface area contributed by atoms with Gasteiger partial charge in [-0.3, -0.25) is 0 Å². The number of amides is 1. The minimum Gasteiger partial charge on any atom is -0.489 e. The molecule has 0 bridgehead atoms. The van der Waals surface area contributed by atoms with Gasteiger partial charge in [0, 0.05) is 13.1 Å². The normalized spacial score (nSPS) is 25.8. The van der Waals surface area contributed by atoms with Gasteiger partial charge >= 0.3 is 6.09 Å². The van der Waals surface area contributed by atoms with Crippen molar-refractivity contribution in [1.29, 1.82) is 0 Å². The molecule has 8 nitrogen and oxygen atoms in total. The van der Waals surface area contributed by atoms with Crippen LogP contribution in [0.4, 0.5) is 4.79 Å². The molecule has 0 atom stereocenters. The predicted molar refractivity (Wildman–Crippen MR) is 110 cm³/mol. The number of likely N-dealkylation sites (tertiary alicyclic amines) is 1. The maximum atomic E-state index is 12.3. The molecule has 3 aliphatic rings. The summed E-state index contributed by atoms with van der Waals surface area (Å²) in [5.41, 5.74) is 0.611. The summed E-state index contributed by atoms with van der Waals surface area (Å²) in [4.78, 5) is 16.7. The van der Waals surface area contributed by atoms with E-state index >= 15 is 0 Å². The van der Waals surface area contributed by atoms with Gasteiger partial charge in [-0.05, 0) is 70.4 Å². The Hall–Kier alpha value is -1.87. The number of carboxylic acid groups (broad SMARTS) is 1. The van der Waals surface area contributed by atoms with Crippen LogP contribution in [0.2, 0.25) is 0 Å². The van der Waals surface area contributed by atoms with E-state index in [0.29, 0.717) is 24.5 Å². The number of hydrogen-bond donors (Lipinski definition) is 1. The van der Waals surface area contributed by atoms with Crippen molar-refractivity contribution in [2.24, 2.45) is 0 Å². The van der Waals surface area contributed by atoms with Crippen LogP contribution in [0.5, 0.6) is 5.75 Å². The second-order valence-electron chi connectivity index (χ2n) is 8.60. The third kappa shape index (κ3) is 4.88. The molecule has 1 aromatic rings. The number of aryl methyl sites for hydroxylation is 1. The summed E-state index contributed by atoms with van der Waals surface area (Å²) < 4.78 is 37.0. The molecule has 1 saturated heterocycles. The van der Waals surface area contributed by atoms with Gasteiger partial charge < -0.3 is 19.5 Å². The van der Waals surface area contributed by atoms with Crippen LogP contribution in [0.3, 0.4) is 0 Å². The zero-order valence-corrected chi connectivity index (χ0v) is 18.1. The number of piperidine rings is 1. The van der Waals surface area contributed by atoms with E-state index in [9.17, 15) is 13.2 Å². The maximum absolute atomic E-state index is 12.3. The summed E-state index contributed by atoms with van der Waals surface area (Å²) in [5.74, 6) is 0.648. The molecule has 9 heteroatoms. The highest BCUT2D eigenvalue weighted by Gasteiger charge is 2.38. The second kappa shape index (κ2) is 8.70. The van der Waals surface area contributed by atoms with Crippen molar-refractivity contribution >= 4 is 15.9 Å². The van der Waals surface area contributed by atoms with Gasteiger partial charge in [0.1, 0.15) is 5.75 Å². The second-order valence-corrected chi connectivity index (χ2v) is 10.8. The molecule has 2 aliphatic carbocycles. The fourth-order valence-corrected chi connectivity index (χ4v) is 5.90. The lowest BCUT2D eigenvalue weighted by molar-refractivity contribution is -0.0641. The molecule has 30 heavy (non-hydrogen) atoms. The van der Waals surface area contributed by atoms with E-state index in [-0.39, 0.29) is 28.6 Å². The zero-order chi connectivity index (χ0) is 21.3. The van der Waals surface area contributed by atoms with Crippen LogP contribution >= 0.6 is 0 Å². The Morgan fingerprint density at radius 1 is 1.00 bits per heavy atom. The highest BCUT2D eigenvalue weighted by molar-refractivity contribution is 7.92. The smallest absolute Gasteiger partial charge is 0.407 e. The lowest BCUT2D eigenvalue weighted by atomic mass is 9.94. The number of sulfone groups is 1. The molecule has 1 N–H and O–H groups in total. The lowest BCUT2D eigenvalue weighted by Gasteiger charge is -2.35. The Kier molecular flexibility index (Phi) is 6.20. The highest BCUT2D eigenvalue weighted by Crippen LogP contribution is 2.34. The zero-order valence-electron chi connectivity index (χ0n) is 17.3. The van der Waals surface area contributed by atoms with Crippen molar-refractivity contribution < 1.29 is 27.8 Å². The summed E-state index contributed by atoms with van der Waals surface area (Å²) in [6.45, 7) is 2.87. The Bertz CT molecular complexity index is 869. The van der Waals surface area contributed by atoms with E-state index in [2.05, 4.69) is 4.98 Å². The highest BCUT2D eigenvalue weighted by atomic mass is 32.2. The van der Waals surface area contributed by atoms with Gasteiger partial charge in [0.2, 0.25) is 0 Å². The van der Waals surface area contributed by atoms with Gasteiger partial charge in [0.15, 0.2) is 14.9 Å². The Morgan fingerprint density at radius 2 is 1.60 bits per heavy atom. The number of ether oxygens (including phenoxy) is 2. The number of pyridine rings is 1. The van der Waals surface area contributed by atoms with E-state index in [0.717, 1.165) is 51.4 Å². The summed E-state index contributed by atoms with van der Waals surface area (Å²) in [5, 5.41) is 8.93. The third-order valence-corrected chi connectivity index (χ3v) is 8.44. The van der Waals surface area contributed by atoms with Crippen LogP contribution in [0.15, 0.2) is 17.2 Å². The first-order valence-electron chi connectivity index (χ1n) is 10.8. The van der Waals surface area contributed by atoms with Gasteiger partial charge in [-0.1, -0.05) is 0 Å². The van der Waals surface area contributed by atoms with E-state index < -0.39 is 15.9 Å². The molecule has 4 rings (SSSR count). The standard InChI is InChI=1S/C21H30N2O6S/c1-14-19(8-9-20(22-14)30(26,27)18-6-7-18)29-16-4-2-15(3-5-16)28-17-10-12-23(13-11-17)21(24)25/h8-9,15-18H,2-7,10-13H2,1H3,(H,24,25). The molecule has 166 valence electrons. The van der Waals surface area contributed by atoms with Crippen molar-refractivity contribution in [3.63, 3.8) is 0 Å². The van der Waals surface area contributed by atoms with Gasteiger partial charge in [-0.2, -0.15) is 0 Å². The maximum Gasteiger partial charge on any atom is 0.407 e. The van der Waals surface area contributed by atoms with Gasteiger partial charge in [0.25, 0.3) is 0 Å². The van der Waals surface area contributed by atoms with Crippen molar-refractivity contribution in [2.75, 3.05) is 13.1 Å². The Balaban J connectivity index is 1.25. The predicted octanol–water partition coefficient (Wildman–Crippen LogP) is 3.18. The molecule has 2 saturated carbocycles. The molecular formula is C21H30N2O6S. The van der Waals surface area contributed by atoms with Crippen LogP contribution in [0, 0.1) is 6.92 Å².